The molecule has 2 fully saturated rings. The van der Waals surface area contributed by atoms with Crippen molar-refractivity contribution in [2.45, 2.75) is 18.9 Å². The van der Waals surface area contributed by atoms with E-state index in [0.29, 0.717) is 5.56 Å². The van der Waals surface area contributed by atoms with Crippen molar-refractivity contribution in [1.82, 2.24) is 14.9 Å². The highest BCUT2D eigenvalue weighted by molar-refractivity contribution is 5.76. The second kappa shape index (κ2) is 6.08. The molecular weight excluding hydrogens is 288 g/mol. The lowest BCUT2D eigenvalue weighted by molar-refractivity contribution is 0.112. The van der Waals surface area contributed by atoms with E-state index < -0.39 is 0 Å². The minimum Gasteiger partial charge on any atom is -0.338 e. The molecule has 23 heavy (non-hydrogen) atoms. The van der Waals surface area contributed by atoms with Crippen LogP contribution in [0.4, 0.5) is 5.95 Å². The fraction of sp³-hybridized carbons (Fsp3) is 0.389. The van der Waals surface area contributed by atoms with E-state index in [4.69, 9.17) is 0 Å². The number of hydrogen-bond acceptors (Lipinski definition) is 5. The Bertz CT molecular complexity index is 671. The molecule has 1 aromatic carbocycles. The van der Waals surface area contributed by atoms with E-state index in [-0.39, 0.29) is 0 Å². The van der Waals surface area contributed by atoms with Gasteiger partial charge in [0.1, 0.15) is 6.29 Å². The minimum absolute atomic E-state index is 0.680. The molecule has 1 saturated carbocycles. The molecule has 118 valence electrons. The highest BCUT2D eigenvalue weighted by Gasteiger charge is 2.31. The number of aldehydes is 1. The lowest BCUT2D eigenvalue weighted by Crippen LogP contribution is -2.47. The Labute approximate surface area is 136 Å². The molecule has 1 aliphatic heterocycles. The number of nitrogens with zero attached hydrogens (tertiary/aromatic N) is 4. The number of benzene rings is 1. The third kappa shape index (κ3) is 3.10. The SMILES string of the molecule is O=Cc1ccc(-c2cnc(N3CCN(C4CC4)CC3)nc2)cc1. The first-order valence-corrected chi connectivity index (χ1v) is 8.20. The standard InChI is InChI=1S/C18H20N4O/c23-13-14-1-3-15(4-2-14)16-11-19-18(20-12-16)22-9-7-21(8-10-22)17-5-6-17/h1-4,11-13,17H,5-10H2. The zero-order valence-corrected chi connectivity index (χ0v) is 13.1. The quantitative estimate of drug-likeness (QED) is 0.811. The Hall–Kier alpha value is -2.27. The van der Waals surface area contributed by atoms with E-state index in [1.54, 1.807) is 0 Å². The monoisotopic (exact) mass is 308 g/mol. The van der Waals surface area contributed by atoms with Gasteiger partial charge >= 0.3 is 0 Å². The Kier molecular flexibility index (Phi) is 3.79. The fourth-order valence-corrected chi connectivity index (χ4v) is 3.11. The number of anilines is 1. The third-order valence-corrected chi connectivity index (χ3v) is 4.68. The Balaban J connectivity index is 1.44. The van der Waals surface area contributed by atoms with Crippen LogP contribution in [0.3, 0.4) is 0 Å². The van der Waals surface area contributed by atoms with Crippen molar-refractivity contribution in [2.75, 3.05) is 31.1 Å². The highest BCUT2D eigenvalue weighted by atomic mass is 16.1. The summed E-state index contributed by atoms with van der Waals surface area (Å²) in [6, 6.07) is 8.32. The van der Waals surface area contributed by atoms with Gasteiger partial charge in [0, 0.05) is 55.7 Å². The minimum atomic E-state index is 0.680. The molecule has 2 aliphatic rings. The van der Waals surface area contributed by atoms with Gasteiger partial charge in [0.2, 0.25) is 5.95 Å². The summed E-state index contributed by atoms with van der Waals surface area (Å²) >= 11 is 0. The fourth-order valence-electron chi connectivity index (χ4n) is 3.11. The number of piperazine rings is 1. The highest BCUT2D eigenvalue weighted by Crippen LogP contribution is 2.28. The van der Waals surface area contributed by atoms with Crippen LogP contribution in [0.2, 0.25) is 0 Å². The number of rotatable bonds is 4. The molecular formula is C18H20N4O. The maximum Gasteiger partial charge on any atom is 0.225 e. The second-order valence-corrected chi connectivity index (χ2v) is 6.27. The molecule has 2 aromatic rings. The van der Waals surface area contributed by atoms with Crippen LogP contribution in [0.15, 0.2) is 36.7 Å². The first kappa shape index (κ1) is 14.3. The Morgan fingerprint density at radius 3 is 2.13 bits per heavy atom. The predicted molar refractivity (Wildman–Crippen MR) is 89.7 cm³/mol. The van der Waals surface area contributed by atoms with Gasteiger partial charge in [-0.3, -0.25) is 9.69 Å². The summed E-state index contributed by atoms with van der Waals surface area (Å²) in [4.78, 5) is 24.6. The second-order valence-electron chi connectivity index (χ2n) is 6.27. The van der Waals surface area contributed by atoms with Crippen molar-refractivity contribution >= 4 is 12.2 Å². The number of hydrogen-bond donors (Lipinski definition) is 0. The zero-order valence-electron chi connectivity index (χ0n) is 13.1. The van der Waals surface area contributed by atoms with Crippen molar-refractivity contribution in [1.29, 1.82) is 0 Å². The van der Waals surface area contributed by atoms with Gasteiger partial charge in [0.25, 0.3) is 0 Å². The van der Waals surface area contributed by atoms with Crippen molar-refractivity contribution < 1.29 is 4.79 Å². The molecule has 4 rings (SSSR count). The van der Waals surface area contributed by atoms with Crippen molar-refractivity contribution in [3.8, 4) is 11.1 Å². The van der Waals surface area contributed by atoms with Crippen LogP contribution in [0, 0.1) is 0 Å². The van der Waals surface area contributed by atoms with Crippen LogP contribution >= 0.6 is 0 Å². The summed E-state index contributed by atoms with van der Waals surface area (Å²) in [5.41, 5.74) is 2.68. The molecule has 1 aromatic heterocycles. The van der Waals surface area contributed by atoms with E-state index >= 15 is 0 Å². The number of carbonyl (C=O) groups excluding carboxylic acids is 1. The normalized spacial score (nSPS) is 18.9. The average molecular weight is 308 g/mol. The van der Waals surface area contributed by atoms with Crippen LogP contribution < -0.4 is 4.90 Å². The topological polar surface area (TPSA) is 49.3 Å². The van der Waals surface area contributed by atoms with Crippen LogP contribution in [-0.2, 0) is 0 Å². The first-order chi connectivity index (χ1) is 11.3. The van der Waals surface area contributed by atoms with Gasteiger partial charge < -0.3 is 4.90 Å². The predicted octanol–water partition coefficient (Wildman–Crippen LogP) is 2.24. The maximum atomic E-state index is 10.7. The van der Waals surface area contributed by atoms with Crippen molar-refractivity contribution in [3.63, 3.8) is 0 Å². The van der Waals surface area contributed by atoms with E-state index in [1.807, 2.05) is 36.7 Å². The third-order valence-electron chi connectivity index (χ3n) is 4.68. The van der Waals surface area contributed by atoms with Crippen LogP contribution in [-0.4, -0.2) is 53.4 Å². The largest absolute Gasteiger partial charge is 0.338 e. The van der Waals surface area contributed by atoms with Crippen LogP contribution in [0.25, 0.3) is 11.1 Å². The van der Waals surface area contributed by atoms with Gasteiger partial charge in [0.15, 0.2) is 0 Å². The van der Waals surface area contributed by atoms with Gasteiger partial charge in [-0.1, -0.05) is 24.3 Å². The van der Waals surface area contributed by atoms with E-state index in [0.717, 1.165) is 55.6 Å². The summed E-state index contributed by atoms with van der Waals surface area (Å²) < 4.78 is 0. The zero-order chi connectivity index (χ0) is 15.6. The Morgan fingerprint density at radius 1 is 0.913 bits per heavy atom. The number of aromatic nitrogens is 2. The molecule has 0 bridgehead atoms. The van der Waals surface area contributed by atoms with Gasteiger partial charge in [-0.05, 0) is 18.4 Å². The molecule has 0 unspecified atom stereocenters. The van der Waals surface area contributed by atoms with E-state index in [2.05, 4.69) is 19.8 Å². The molecule has 2 heterocycles. The molecule has 0 amide bonds. The summed E-state index contributed by atoms with van der Waals surface area (Å²) in [6.45, 7) is 4.24. The van der Waals surface area contributed by atoms with E-state index in [9.17, 15) is 4.79 Å². The first-order valence-electron chi connectivity index (χ1n) is 8.20. The smallest absolute Gasteiger partial charge is 0.225 e. The molecule has 5 heteroatoms. The molecule has 5 nitrogen and oxygen atoms in total. The molecule has 0 radical (unpaired) electrons. The van der Waals surface area contributed by atoms with Crippen LogP contribution in [0.1, 0.15) is 23.2 Å². The van der Waals surface area contributed by atoms with Crippen LogP contribution in [0.5, 0.6) is 0 Å². The summed E-state index contributed by atoms with van der Waals surface area (Å²) in [5.74, 6) is 0.814. The average Bonchev–Trinajstić information content (AvgIpc) is 3.47. The number of carbonyl (C=O) groups is 1. The van der Waals surface area contributed by atoms with Gasteiger partial charge in [-0.25, -0.2) is 9.97 Å². The maximum absolute atomic E-state index is 10.7. The lowest BCUT2D eigenvalue weighted by atomic mass is 10.1. The van der Waals surface area contributed by atoms with E-state index in [1.165, 1.54) is 12.8 Å². The summed E-state index contributed by atoms with van der Waals surface area (Å²) in [7, 11) is 0. The van der Waals surface area contributed by atoms with Gasteiger partial charge in [0.05, 0.1) is 0 Å². The lowest BCUT2D eigenvalue weighted by Gasteiger charge is -2.34. The van der Waals surface area contributed by atoms with Gasteiger partial charge in [-0.15, -0.1) is 0 Å². The Morgan fingerprint density at radius 2 is 1.57 bits per heavy atom. The van der Waals surface area contributed by atoms with Crippen molar-refractivity contribution in [2.24, 2.45) is 0 Å². The molecule has 1 saturated heterocycles. The summed E-state index contributed by atoms with van der Waals surface area (Å²) in [5, 5.41) is 0. The summed E-state index contributed by atoms with van der Waals surface area (Å²) in [6.07, 6.45) is 7.32. The molecule has 1 aliphatic carbocycles. The molecule has 0 atom stereocenters. The molecule has 0 spiro atoms. The molecule has 0 N–H and O–H groups in total. The van der Waals surface area contributed by atoms with Gasteiger partial charge in [-0.2, -0.15) is 0 Å². The van der Waals surface area contributed by atoms with Crippen molar-refractivity contribution in [3.05, 3.63) is 42.2 Å².